The molecule has 1 nitrogen and oxygen atoms in total. The Bertz CT molecular complexity index is 438. The number of benzene rings is 1. The standard InChI is InChI=1S/C14H17F2N/c1-9-12(17-6-2-3-7-17)8-10-4-5-11(15)14(16)13(9)10/h4-5,9,12H,2-3,6-8H2,1H3/t9-,12+/m0/s1. The molecule has 17 heavy (non-hydrogen) atoms. The van der Waals surface area contributed by atoms with Gasteiger partial charge in [0.05, 0.1) is 0 Å². The van der Waals surface area contributed by atoms with E-state index in [1.165, 1.54) is 18.9 Å². The molecule has 0 amide bonds. The molecule has 1 fully saturated rings. The highest BCUT2D eigenvalue weighted by atomic mass is 19.2. The van der Waals surface area contributed by atoms with E-state index in [1.807, 2.05) is 6.92 Å². The fourth-order valence-electron chi connectivity index (χ4n) is 3.39. The van der Waals surface area contributed by atoms with Crippen LogP contribution >= 0.6 is 0 Å². The summed E-state index contributed by atoms with van der Waals surface area (Å²) in [6, 6.07) is 3.37. The van der Waals surface area contributed by atoms with Crippen molar-refractivity contribution in [1.29, 1.82) is 0 Å². The lowest BCUT2D eigenvalue weighted by Gasteiger charge is -2.27. The molecule has 3 rings (SSSR count). The average molecular weight is 237 g/mol. The molecule has 0 bridgehead atoms. The molecule has 1 saturated heterocycles. The second-order valence-electron chi connectivity index (χ2n) is 5.24. The lowest BCUT2D eigenvalue weighted by Crippen LogP contribution is -2.35. The SMILES string of the molecule is C[C@@H]1c2c(ccc(F)c2F)C[C@H]1N1CCCC1. The quantitative estimate of drug-likeness (QED) is 0.725. The van der Waals surface area contributed by atoms with Crippen molar-refractivity contribution in [1.82, 2.24) is 4.90 Å². The zero-order valence-corrected chi connectivity index (χ0v) is 10.0. The van der Waals surface area contributed by atoms with Gasteiger partial charge in [-0.25, -0.2) is 8.78 Å². The van der Waals surface area contributed by atoms with Gasteiger partial charge in [0.15, 0.2) is 11.6 Å². The van der Waals surface area contributed by atoms with Crippen molar-refractivity contribution in [2.24, 2.45) is 0 Å². The molecule has 0 saturated carbocycles. The van der Waals surface area contributed by atoms with Crippen LogP contribution in [0, 0.1) is 11.6 Å². The molecule has 2 aliphatic rings. The Kier molecular flexibility index (Phi) is 2.66. The minimum absolute atomic E-state index is 0.110. The molecule has 1 heterocycles. The zero-order valence-electron chi connectivity index (χ0n) is 10.0. The van der Waals surface area contributed by atoms with Crippen LogP contribution in [-0.2, 0) is 6.42 Å². The summed E-state index contributed by atoms with van der Waals surface area (Å²) in [7, 11) is 0. The molecule has 0 N–H and O–H groups in total. The largest absolute Gasteiger partial charge is 0.299 e. The van der Waals surface area contributed by atoms with Gasteiger partial charge in [-0.15, -0.1) is 0 Å². The van der Waals surface area contributed by atoms with Gasteiger partial charge in [-0.3, -0.25) is 4.90 Å². The summed E-state index contributed by atoms with van der Waals surface area (Å²) in [6.07, 6.45) is 3.33. The summed E-state index contributed by atoms with van der Waals surface area (Å²) in [4.78, 5) is 2.43. The van der Waals surface area contributed by atoms with Gasteiger partial charge in [0.2, 0.25) is 0 Å². The molecule has 1 aromatic carbocycles. The van der Waals surface area contributed by atoms with Crippen molar-refractivity contribution in [3.63, 3.8) is 0 Å². The summed E-state index contributed by atoms with van der Waals surface area (Å²) in [5.41, 5.74) is 1.61. The molecule has 0 unspecified atom stereocenters. The van der Waals surface area contributed by atoms with Gasteiger partial charge in [-0.1, -0.05) is 13.0 Å². The maximum absolute atomic E-state index is 13.8. The first kappa shape index (κ1) is 11.1. The van der Waals surface area contributed by atoms with Crippen molar-refractivity contribution in [2.45, 2.75) is 38.1 Å². The summed E-state index contributed by atoms with van der Waals surface area (Å²) in [5, 5.41) is 0. The molecule has 3 heteroatoms. The van der Waals surface area contributed by atoms with Crippen LogP contribution in [0.4, 0.5) is 8.78 Å². The lowest BCUT2D eigenvalue weighted by atomic mass is 9.99. The Morgan fingerprint density at radius 2 is 1.88 bits per heavy atom. The Labute approximate surface area is 100 Å². The molecule has 1 aromatic rings. The van der Waals surface area contributed by atoms with E-state index in [0.29, 0.717) is 11.6 Å². The Balaban J connectivity index is 1.94. The predicted molar refractivity (Wildman–Crippen MR) is 63.1 cm³/mol. The number of hydrogen-bond donors (Lipinski definition) is 0. The number of rotatable bonds is 1. The number of likely N-dealkylation sites (tertiary alicyclic amines) is 1. The van der Waals surface area contributed by atoms with Crippen molar-refractivity contribution >= 4 is 0 Å². The molecular weight excluding hydrogens is 220 g/mol. The van der Waals surface area contributed by atoms with Crippen LogP contribution in [0.2, 0.25) is 0 Å². The number of halogens is 2. The van der Waals surface area contributed by atoms with Crippen molar-refractivity contribution in [2.75, 3.05) is 13.1 Å². The maximum atomic E-state index is 13.8. The van der Waals surface area contributed by atoms with Gasteiger partial charge in [0.25, 0.3) is 0 Å². The molecule has 2 atom stereocenters. The Morgan fingerprint density at radius 3 is 2.59 bits per heavy atom. The average Bonchev–Trinajstić information content (AvgIpc) is 2.91. The van der Waals surface area contributed by atoms with Gasteiger partial charge in [0, 0.05) is 12.0 Å². The van der Waals surface area contributed by atoms with Crippen LogP contribution in [0.1, 0.15) is 36.8 Å². The van der Waals surface area contributed by atoms with Crippen LogP contribution in [0.5, 0.6) is 0 Å². The highest BCUT2D eigenvalue weighted by Gasteiger charge is 2.37. The highest BCUT2D eigenvalue weighted by Crippen LogP contribution is 2.39. The predicted octanol–water partition coefficient (Wildman–Crippen LogP) is 3.09. The number of fused-ring (bicyclic) bond motifs is 1. The second-order valence-corrected chi connectivity index (χ2v) is 5.24. The molecule has 1 aliphatic carbocycles. The molecule has 0 radical (unpaired) electrons. The lowest BCUT2D eigenvalue weighted by molar-refractivity contribution is 0.226. The van der Waals surface area contributed by atoms with Crippen LogP contribution in [-0.4, -0.2) is 24.0 Å². The monoisotopic (exact) mass is 237 g/mol. The van der Waals surface area contributed by atoms with E-state index in [9.17, 15) is 8.78 Å². The fraction of sp³-hybridized carbons (Fsp3) is 0.571. The van der Waals surface area contributed by atoms with Crippen LogP contribution in [0.25, 0.3) is 0 Å². The van der Waals surface area contributed by atoms with E-state index in [1.54, 1.807) is 6.07 Å². The molecular formula is C14H17F2N. The molecule has 1 aliphatic heterocycles. The van der Waals surface area contributed by atoms with Crippen molar-refractivity contribution in [3.8, 4) is 0 Å². The zero-order chi connectivity index (χ0) is 12.0. The Morgan fingerprint density at radius 1 is 1.18 bits per heavy atom. The van der Waals surface area contributed by atoms with Gasteiger partial charge >= 0.3 is 0 Å². The number of hydrogen-bond acceptors (Lipinski definition) is 1. The third-order valence-electron chi connectivity index (χ3n) is 4.29. The maximum Gasteiger partial charge on any atom is 0.162 e. The second kappa shape index (κ2) is 4.05. The smallest absolute Gasteiger partial charge is 0.162 e. The van der Waals surface area contributed by atoms with Gasteiger partial charge in [-0.05, 0) is 49.5 Å². The summed E-state index contributed by atoms with van der Waals surface area (Å²) < 4.78 is 27.1. The molecule has 0 spiro atoms. The normalized spacial score (nSPS) is 28.6. The van der Waals surface area contributed by atoms with E-state index in [-0.39, 0.29) is 5.92 Å². The highest BCUT2D eigenvalue weighted by molar-refractivity contribution is 5.39. The fourth-order valence-corrected chi connectivity index (χ4v) is 3.39. The van der Waals surface area contributed by atoms with Gasteiger partial charge in [-0.2, -0.15) is 0 Å². The first-order valence-electron chi connectivity index (χ1n) is 6.39. The van der Waals surface area contributed by atoms with E-state index in [4.69, 9.17) is 0 Å². The van der Waals surface area contributed by atoms with E-state index >= 15 is 0 Å². The third-order valence-corrected chi connectivity index (χ3v) is 4.29. The summed E-state index contributed by atoms with van der Waals surface area (Å²) >= 11 is 0. The van der Waals surface area contributed by atoms with Crippen LogP contribution < -0.4 is 0 Å². The van der Waals surface area contributed by atoms with Crippen molar-refractivity contribution < 1.29 is 8.78 Å². The Hall–Kier alpha value is -0.960. The summed E-state index contributed by atoms with van der Waals surface area (Å²) in [5.74, 6) is -1.23. The van der Waals surface area contributed by atoms with Gasteiger partial charge in [0.1, 0.15) is 0 Å². The number of nitrogens with zero attached hydrogens (tertiary/aromatic N) is 1. The van der Waals surface area contributed by atoms with Crippen LogP contribution in [0.3, 0.4) is 0 Å². The topological polar surface area (TPSA) is 3.24 Å². The molecule has 0 aromatic heterocycles. The van der Waals surface area contributed by atoms with E-state index in [2.05, 4.69) is 4.90 Å². The van der Waals surface area contributed by atoms with E-state index < -0.39 is 11.6 Å². The first-order chi connectivity index (χ1) is 8.18. The minimum atomic E-state index is -0.710. The molecule has 92 valence electrons. The summed E-state index contributed by atoms with van der Waals surface area (Å²) in [6.45, 7) is 4.23. The first-order valence-corrected chi connectivity index (χ1v) is 6.39. The van der Waals surface area contributed by atoms with Crippen molar-refractivity contribution in [3.05, 3.63) is 34.9 Å². The van der Waals surface area contributed by atoms with Crippen LogP contribution in [0.15, 0.2) is 12.1 Å². The van der Waals surface area contributed by atoms with E-state index in [0.717, 1.165) is 25.1 Å². The third kappa shape index (κ3) is 1.68. The van der Waals surface area contributed by atoms with Gasteiger partial charge < -0.3 is 0 Å². The minimum Gasteiger partial charge on any atom is -0.299 e.